The molecule has 0 bridgehead atoms. The molecule has 0 radical (unpaired) electrons. The lowest BCUT2D eigenvalue weighted by Gasteiger charge is -2.13. The van der Waals surface area contributed by atoms with E-state index in [1.807, 2.05) is 13.0 Å². The molecule has 0 spiro atoms. The fourth-order valence-electron chi connectivity index (χ4n) is 2.22. The molecule has 0 aromatic heterocycles. The fourth-order valence-corrected chi connectivity index (χ4v) is 2.22. The number of nitrogens with two attached hydrogens (primary N) is 1. The zero-order valence-electron chi connectivity index (χ0n) is 14.4. The van der Waals surface area contributed by atoms with Crippen LogP contribution in [0.2, 0.25) is 0 Å². The third-order valence-corrected chi connectivity index (χ3v) is 3.69. The van der Waals surface area contributed by atoms with Crippen LogP contribution in [0, 0.1) is 6.92 Å². The van der Waals surface area contributed by atoms with Gasteiger partial charge in [0.25, 0.3) is 5.91 Å². The van der Waals surface area contributed by atoms with Crippen molar-refractivity contribution in [2.24, 2.45) is 0 Å². The number of nitrogens with one attached hydrogen (secondary N) is 1. The number of anilines is 2. The number of unbranched alkanes of at least 4 members (excludes halogenated alkanes) is 1. The summed E-state index contributed by atoms with van der Waals surface area (Å²) in [7, 11) is 1.56. The van der Waals surface area contributed by atoms with Crippen molar-refractivity contribution in [2.75, 3.05) is 24.8 Å². The molecule has 24 heavy (non-hydrogen) atoms. The second-order valence-corrected chi connectivity index (χ2v) is 5.60. The number of nitrogen functional groups attached to an aromatic ring is 1. The van der Waals surface area contributed by atoms with E-state index in [1.165, 1.54) is 0 Å². The Morgan fingerprint density at radius 3 is 2.67 bits per heavy atom. The van der Waals surface area contributed by atoms with Gasteiger partial charge in [-0.2, -0.15) is 0 Å². The van der Waals surface area contributed by atoms with Gasteiger partial charge in [0.1, 0.15) is 0 Å². The van der Waals surface area contributed by atoms with Gasteiger partial charge < -0.3 is 20.5 Å². The summed E-state index contributed by atoms with van der Waals surface area (Å²) in [6.07, 6.45) is 2.03. The summed E-state index contributed by atoms with van der Waals surface area (Å²) < 4.78 is 11.0. The number of methoxy groups -OCH3 is 1. The van der Waals surface area contributed by atoms with E-state index in [1.54, 1.807) is 37.4 Å². The lowest BCUT2D eigenvalue weighted by Crippen LogP contribution is -2.13. The summed E-state index contributed by atoms with van der Waals surface area (Å²) in [5, 5.41) is 2.88. The maximum absolute atomic E-state index is 12.5. The van der Waals surface area contributed by atoms with Gasteiger partial charge in [-0.25, -0.2) is 0 Å². The van der Waals surface area contributed by atoms with Crippen LogP contribution in [-0.4, -0.2) is 19.6 Å². The van der Waals surface area contributed by atoms with Crippen LogP contribution in [-0.2, 0) is 0 Å². The highest BCUT2D eigenvalue weighted by atomic mass is 16.5. The quantitative estimate of drug-likeness (QED) is 0.595. The van der Waals surface area contributed by atoms with Crippen LogP contribution < -0.4 is 20.5 Å². The van der Waals surface area contributed by atoms with Gasteiger partial charge in [-0.1, -0.05) is 19.4 Å². The van der Waals surface area contributed by atoms with Gasteiger partial charge in [0.15, 0.2) is 11.5 Å². The Morgan fingerprint density at radius 2 is 1.96 bits per heavy atom. The van der Waals surface area contributed by atoms with Gasteiger partial charge in [-0.3, -0.25) is 4.79 Å². The molecule has 0 fully saturated rings. The van der Waals surface area contributed by atoms with Crippen LogP contribution in [0.1, 0.15) is 35.7 Å². The highest BCUT2D eigenvalue weighted by molar-refractivity contribution is 6.05. The zero-order valence-corrected chi connectivity index (χ0v) is 14.4. The Balaban J connectivity index is 2.16. The molecule has 0 saturated carbocycles. The van der Waals surface area contributed by atoms with E-state index in [0.29, 0.717) is 35.0 Å². The molecule has 0 aliphatic carbocycles. The van der Waals surface area contributed by atoms with Crippen molar-refractivity contribution in [3.8, 4) is 11.5 Å². The van der Waals surface area contributed by atoms with Crippen molar-refractivity contribution < 1.29 is 14.3 Å². The fraction of sp³-hybridized carbons (Fsp3) is 0.316. The third kappa shape index (κ3) is 4.41. The van der Waals surface area contributed by atoms with Gasteiger partial charge >= 0.3 is 0 Å². The molecule has 2 aromatic carbocycles. The molecule has 0 aliphatic rings. The van der Waals surface area contributed by atoms with E-state index in [9.17, 15) is 4.79 Å². The topological polar surface area (TPSA) is 73.6 Å². The zero-order chi connectivity index (χ0) is 17.5. The smallest absolute Gasteiger partial charge is 0.255 e. The van der Waals surface area contributed by atoms with Gasteiger partial charge in [-0.05, 0) is 49.2 Å². The highest BCUT2D eigenvalue weighted by Gasteiger charge is 2.12. The summed E-state index contributed by atoms with van der Waals surface area (Å²) in [5.74, 6) is 0.966. The minimum atomic E-state index is -0.220. The maximum atomic E-state index is 12.5. The van der Waals surface area contributed by atoms with Crippen molar-refractivity contribution in [1.29, 1.82) is 0 Å². The Bertz CT molecular complexity index is 714. The number of aryl methyl sites for hydroxylation is 1. The van der Waals surface area contributed by atoms with E-state index in [2.05, 4.69) is 12.2 Å². The first-order valence-corrected chi connectivity index (χ1v) is 8.03. The van der Waals surface area contributed by atoms with Crippen LogP contribution in [0.3, 0.4) is 0 Å². The van der Waals surface area contributed by atoms with Crippen molar-refractivity contribution in [1.82, 2.24) is 0 Å². The molecule has 1 amide bonds. The molecule has 3 N–H and O–H groups in total. The SMILES string of the molecule is CCCCOc1ccc(C(=O)Nc2cc(N)ccc2C)cc1OC. The molecule has 0 saturated heterocycles. The predicted octanol–water partition coefficient (Wildman–Crippen LogP) is 4.02. The Morgan fingerprint density at radius 1 is 1.17 bits per heavy atom. The van der Waals surface area contributed by atoms with Gasteiger partial charge in [0.05, 0.1) is 13.7 Å². The molecular weight excluding hydrogens is 304 g/mol. The number of benzene rings is 2. The minimum Gasteiger partial charge on any atom is -0.493 e. The number of amides is 1. The van der Waals surface area contributed by atoms with E-state index < -0.39 is 0 Å². The lowest BCUT2D eigenvalue weighted by molar-refractivity contribution is 0.102. The molecule has 0 heterocycles. The Kier molecular flexibility index (Phi) is 6.07. The van der Waals surface area contributed by atoms with E-state index in [4.69, 9.17) is 15.2 Å². The highest BCUT2D eigenvalue weighted by Crippen LogP contribution is 2.29. The first-order valence-electron chi connectivity index (χ1n) is 8.03. The van der Waals surface area contributed by atoms with Crippen LogP contribution in [0.25, 0.3) is 0 Å². The lowest BCUT2D eigenvalue weighted by atomic mass is 10.1. The number of rotatable bonds is 7. The standard InChI is InChI=1S/C19H24N2O3/c1-4-5-10-24-17-9-7-14(11-18(17)23-3)19(22)21-16-12-15(20)8-6-13(16)2/h6-9,11-12H,4-5,10,20H2,1-3H3,(H,21,22). The predicted molar refractivity (Wildman–Crippen MR) is 96.9 cm³/mol. The summed E-state index contributed by atoms with van der Waals surface area (Å²) >= 11 is 0. The molecule has 0 atom stereocenters. The van der Waals surface area contributed by atoms with Gasteiger partial charge in [0.2, 0.25) is 0 Å². The second-order valence-electron chi connectivity index (χ2n) is 5.60. The minimum absolute atomic E-state index is 0.220. The summed E-state index contributed by atoms with van der Waals surface area (Å²) in [6.45, 7) is 4.65. The van der Waals surface area contributed by atoms with E-state index in [-0.39, 0.29) is 5.91 Å². The van der Waals surface area contributed by atoms with Crippen LogP contribution in [0.5, 0.6) is 11.5 Å². The second kappa shape index (κ2) is 8.24. The number of carbonyl (C=O) groups is 1. The van der Waals surface area contributed by atoms with Crippen LogP contribution in [0.4, 0.5) is 11.4 Å². The molecule has 5 nitrogen and oxygen atoms in total. The largest absolute Gasteiger partial charge is 0.493 e. The third-order valence-electron chi connectivity index (χ3n) is 3.69. The normalized spacial score (nSPS) is 10.3. The molecule has 2 aromatic rings. The van der Waals surface area contributed by atoms with Crippen LogP contribution >= 0.6 is 0 Å². The van der Waals surface area contributed by atoms with Gasteiger partial charge in [-0.15, -0.1) is 0 Å². The molecule has 0 unspecified atom stereocenters. The van der Waals surface area contributed by atoms with Gasteiger partial charge in [0, 0.05) is 16.9 Å². The van der Waals surface area contributed by atoms with Crippen molar-refractivity contribution in [2.45, 2.75) is 26.7 Å². The number of hydrogen-bond donors (Lipinski definition) is 2. The average Bonchev–Trinajstić information content (AvgIpc) is 2.58. The van der Waals surface area contributed by atoms with Crippen molar-refractivity contribution in [3.63, 3.8) is 0 Å². The molecule has 0 aliphatic heterocycles. The molecule has 5 heteroatoms. The first kappa shape index (κ1) is 17.7. The van der Waals surface area contributed by atoms with Crippen LogP contribution in [0.15, 0.2) is 36.4 Å². The average molecular weight is 328 g/mol. The maximum Gasteiger partial charge on any atom is 0.255 e. The summed E-state index contributed by atoms with van der Waals surface area (Å²) in [5.41, 5.74) is 8.52. The van der Waals surface area contributed by atoms with E-state index >= 15 is 0 Å². The molecule has 128 valence electrons. The Hall–Kier alpha value is -2.69. The monoisotopic (exact) mass is 328 g/mol. The number of hydrogen-bond acceptors (Lipinski definition) is 4. The van der Waals surface area contributed by atoms with Crippen molar-refractivity contribution in [3.05, 3.63) is 47.5 Å². The molecular formula is C19H24N2O3. The van der Waals surface area contributed by atoms with E-state index in [0.717, 1.165) is 18.4 Å². The summed E-state index contributed by atoms with van der Waals surface area (Å²) in [6, 6.07) is 10.6. The molecule has 2 rings (SSSR count). The Labute approximate surface area is 142 Å². The number of carbonyl (C=O) groups excluding carboxylic acids is 1. The first-order chi connectivity index (χ1) is 11.5. The van der Waals surface area contributed by atoms with Crippen molar-refractivity contribution >= 4 is 17.3 Å². The number of ether oxygens (including phenoxy) is 2. The summed E-state index contributed by atoms with van der Waals surface area (Å²) in [4.78, 5) is 12.5.